The van der Waals surface area contributed by atoms with Gasteiger partial charge in [0, 0.05) is 51.1 Å². The molecular formula is C27H31Cl2N5O3. The predicted octanol–water partition coefficient (Wildman–Crippen LogP) is 5.58. The van der Waals surface area contributed by atoms with Crippen molar-refractivity contribution >= 4 is 45.5 Å². The fraction of sp³-hybridized carbons (Fsp3) is 0.407. The van der Waals surface area contributed by atoms with Crippen molar-refractivity contribution in [1.82, 2.24) is 14.8 Å². The zero-order valence-corrected chi connectivity index (χ0v) is 22.0. The lowest BCUT2D eigenvalue weighted by Gasteiger charge is -2.20. The van der Waals surface area contributed by atoms with E-state index in [0.717, 1.165) is 0 Å². The van der Waals surface area contributed by atoms with Crippen molar-refractivity contribution in [3.63, 3.8) is 0 Å². The van der Waals surface area contributed by atoms with Crippen molar-refractivity contribution < 1.29 is 22.4 Å². The highest BCUT2D eigenvalue weighted by molar-refractivity contribution is 6.37. The average molecular weight is 551 g/mol. The summed E-state index contributed by atoms with van der Waals surface area (Å²) in [4.78, 5) is 7.14. The molecule has 1 N–H and O–H groups in total. The minimum atomic E-state index is -2.70. The first kappa shape index (κ1) is 20.1. The number of aromatic nitrogens is 1. The van der Waals surface area contributed by atoms with Gasteiger partial charge >= 0.3 is 0 Å². The van der Waals surface area contributed by atoms with Crippen molar-refractivity contribution in [2.24, 2.45) is 0 Å². The Morgan fingerprint density at radius 3 is 2.70 bits per heavy atom. The first-order valence-electron chi connectivity index (χ1n) is 14.6. The molecule has 1 fully saturated rings. The molecule has 8 nitrogen and oxygen atoms in total. The van der Waals surface area contributed by atoms with E-state index in [4.69, 9.17) is 45.6 Å². The number of likely N-dealkylation sites (tertiary alicyclic amines) is 1. The number of ether oxygens (including phenoxy) is 3. The number of pyridine rings is 1. The number of halogens is 2. The summed E-state index contributed by atoms with van der Waals surface area (Å²) in [7, 11) is 3.00. The Morgan fingerprint density at radius 1 is 1.16 bits per heavy atom. The van der Waals surface area contributed by atoms with Crippen molar-refractivity contribution in [2.45, 2.75) is 18.9 Å². The summed E-state index contributed by atoms with van der Waals surface area (Å²) in [6.07, 6.45) is 2.52. The van der Waals surface area contributed by atoms with E-state index in [1.165, 1.54) is 20.4 Å². The second kappa shape index (κ2) is 12.1. The molecule has 0 bridgehead atoms. The van der Waals surface area contributed by atoms with Crippen molar-refractivity contribution in [2.75, 3.05) is 59.7 Å². The Bertz CT molecular complexity index is 1500. The van der Waals surface area contributed by atoms with Gasteiger partial charge in [-0.05, 0) is 45.5 Å². The summed E-state index contributed by atoms with van der Waals surface area (Å²) in [5.74, 6) is 1.30. The lowest BCUT2D eigenvalue weighted by Crippen LogP contribution is -2.32. The second-order valence-electron chi connectivity index (χ2n) is 8.59. The summed E-state index contributed by atoms with van der Waals surface area (Å²) < 4.78 is 62.9. The topological polar surface area (TPSA) is 82.9 Å². The molecule has 0 saturated carbocycles. The first-order chi connectivity index (χ1) is 20.3. The van der Waals surface area contributed by atoms with Gasteiger partial charge in [0.15, 0.2) is 11.5 Å². The molecule has 1 aliphatic heterocycles. The van der Waals surface area contributed by atoms with Crippen LogP contribution < -0.4 is 19.5 Å². The summed E-state index contributed by atoms with van der Waals surface area (Å²) in [6, 6.07) is 8.20. The molecule has 37 heavy (non-hydrogen) atoms. The van der Waals surface area contributed by atoms with Crippen LogP contribution in [0.1, 0.15) is 26.6 Å². The number of nitrogens with one attached hydrogen (secondary N) is 1. The molecule has 3 aromatic rings. The number of hydrogen-bond donors (Lipinski definition) is 1. The highest BCUT2D eigenvalue weighted by Crippen LogP contribution is 2.40. The van der Waals surface area contributed by atoms with Gasteiger partial charge in [0.05, 0.1) is 53.3 Å². The van der Waals surface area contributed by atoms with E-state index in [2.05, 4.69) is 16.4 Å². The maximum Gasteiger partial charge on any atom is 0.163 e. The van der Waals surface area contributed by atoms with E-state index in [1.54, 1.807) is 24.3 Å². The van der Waals surface area contributed by atoms with Crippen LogP contribution in [0.25, 0.3) is 10.9 Å². The Hall–Kier alpha value is -2.96. The average Bonchev–Trinajstić information content (AvgIpc) is 3.37. The van der Waals surface area contributed by atoms with Gasteiger partial charge < -0.3 is 29.3 Å². The smallest absolute Gasteiger partial charge is 0.163 e. The zero-order chi connectivity index (χ0) is 31.5. The fourth-order valence-corrected chi connectivity index (χ4v) is 4.81. The Kier molecular flexibility index (Phi) is 6.54. The number of benzene rings is 2. The van der Waals surface area contributed by atoms with Gasteiger partial charge in [0.1, 0.15) is 11.8 Å². The summed E-state index contributed by atoms with van der Waals surface area (Å²) in [6.45, 7) is -3.53. The number of methoxy groups -OCH3 is 2. The Balaban J connectivity index is 1.47. The molecule has 0 aliphatic carbocycles. The highest BCUT2D eigenvalue weighted by Gasteiger charge is 2.23. The van der Waals surface area contributed by atoms with Crippen LogP contribution in [0.2, 0.25) is 10.0 Å². The van der Waals surface area contributed by atoms with E-state index in [-0.39, 0.29) is 5.56 Å². The van der Waals surface area contributed by atoms with Crippen LogP contribution in [-0.4, -0.2) is 75.2 Å². The molecule has 1 atom stereocenters. The third kappa shape index (κ3) is 6.13. The minimum absolute atomic E-state index is 0.285. The summed E-state index contributed by atoms with van der Waals surface area (Å²) in [5.41, 5.74) is 1.78. The predicted molar refractivity (Wildman–Crippen MR) is 148 cm³/mol. The SMILES string of the molecule is [2H]C([2H])([2H])N(C1CCN(CCCOc2cc3ncc(C#N)c(Nc4cc(OC)c(Cl)cc4Cl)c3cc2OC)C1)C([2H])([2H])[2H]. The van der Waals surface area contributed by atoms with Gasteiger partial charge in [-0.15, -0.1) is 0 Å². The monoisotopic (exact) mass is 549 g/mol. The van der Waals surface area contributed by atoms with Crippen LogP contribution in [-0.2, 0) is 0 Å². The third-order valence-electron chi connectivity index (χ3n) is 6.26. The standard InChI is InChI=1S/C27H31Cl2N5O3/c1-33(2)18-6-8-34(16-18)7-5-9-37-26-12-22-19(10-25(26)36-4)27(17(14-30)15-31-22)32-23-13-24(35-3)21(29)11-20(23)28/h10-13,15,18H,5-9,16H2,1-4H3,(H,31,32)/i1D3,2D3. The lowest BCUT2D eigenvalue weighted by atomic mass is 10.1. The minimum Gasteiger partial charge on any atom is -0.495 e. The number of nitriles is 1. The van der Waals surface area contributed by atoms with Crippen LogP contribution in [0.15, 0.2) is 30.5 Å². The summed E-state index contributed by atoms with van der Waals surface area (Å²) >= 11 is 12.6. The Labute approximate surface area is 236 Å². The van der Waals surface area contributed by atoms with E-state index < -0.39 is 20.0 Å². The third-order valence-corrected chi connectivity index (χ3v) is 6.87. The van der Waals surface area contributed by atoms with Crippen molar-refractivity contribution in [3.8, 4) is 23.3 Å². The molecule has 2 aromatic carbocycles. The van der Waals surface area contributed by atoms with Gasteiger partial charge in [-0.3, -0.25) is 4.98 Å². The normalized spacial score (nSPS) is 18.8. The quantitative estimate of drug-likeness (QED) is 0.328. The zero-order valence-electron chi connectivity index (χ0n) is 26.5. The first-order valence-corrected chi connectivity index (χ1v) is 12.4. The van der Waals surface area contributed by atoms with Crippen LogP contribution >= 0.6 is 23.2 Å². The number of hydrogen-bond acceptors (Lipinski definition) is 8. The highest BCUT2D eigenvalue weighted by atomic mass is 35.5. The lowest BCUT2D eigenvalue weighted by molar-refractivity contribution is 0.238. The maximum absolute atomic E-state index is 9.78. The van der Waals surface area contributed by atoms with Gasteiger partial charge in [-0.25, -0.2) is 0 Å². The fourth-order valence-electron chi connectivity index (χ4n) is 4.30. The maximum atomic E-state index is 9.78. The van der Waals surface area contributed by atoms with Gasteiger partial charge in [0.25, 0.3) is 0 Å². The number of nitrogens with zero attached hydrogens (tertiary/aromatic N) is 4. The van der Waals surface area contributed by atoms with Gasteiger partial charge in [0.2, 0.25) is 0 Å². The Morgan fingerprint density at radius 2 is 1.97 bits per heavy atom. The van der Waals surface area contributed by atoms with Crippen molar-refractivity contribution in [1.29, 1.82) is 5.26 Å². The molecule has 0 radical (unpaired) electrons. The van der Waals surface area contributed by atoms with Gasteiger partial charge in [-0.2, -0.15) is 5.26 Å². The number of anilines is 2. The number of likely N-dealkylation sites (N-methyl/N-ethyl adjacent to an activating group) is 1. The molecule has 1 saturated heterocycles. The van der Waals surface area contributed by atoms with Gasteiger partial charge in [-0.1, -0.05) is 23.2 Å². The molecule has 1 aliphatic rings. The van der Waals surface area contributed by atoms with E-state index in [9.17, 15) is 5.26 Å². The van der Waals surface area contributed by atoms with Crippen LogP contribution in [0.3, 0.4) is 0 Å². The van der Waals surface area contributed by atoms with Crippen LogP contribution in [0.5, 0.6) is 17.2 Å². The molecule has 0 amide bonds. The largest absolute Gasteiger partial charge is 0.495 e. The molecular weight excluding hydrogens is 513 g/mol. The van der Waals surface area contributed by atoms with Crippen LogP contribution in [0, 0.1) is 11.3 Å². The second-order valence-corrected chi connectivity index (χ2v) is 9.40. The summed E-state index contributed by atoms with van der Waals surface area (Å²) in [5, 5.41) is 14.3. The molecule has 0 spiro atoms. The molecule has 4 rings (SSSR count). The molecule has 196 valence electrons. The van der Waals surface area contributed by atoms with E-state index in [1.807, 2.05) is 4.90 Å². The molecule has 2 heterocycles. The van der Waals surface area contributed by atoms with E-state index >= 15 is 0 Å². The van der Waals surface area contributed by atoms with Crippen molar-refractivity contribution in [3.05, 3.63) is 46.1 Å². The van der Waals surface area contributed by atoms with E-state index in [0.29, 0.717) is 93.6 Å². The molecule has 1 aromatic heterocycles. The van der Waals surface area contributed by atoms with Crippen LogP contribution in [0.4, 0.5) is 11.4 Å². The number of rotatable bonds is 10. The molecule has 1 unspecified atom stereocenters. The molecule has 10 heteroatoms. The number of fused-ring (bicyclic) bond motifs is 1.